The van der Waals surface area contributed by atoms with Gasteiger partial charge in [-0.2, -0.15) is 0 Å². The molecule has 0 atom stereocenters. The first kappa shape index (κ1) is 117. The number of rotatable bonds is 102. The molecule has 0 radical (unpaired) electrons. The fraction of sp³-hybridized carbons (Fsp3) is 0.846. The Morgan fingerprint density at radius 1 is 0.126 bits per heavy atom. The second kappa shape index (κ2) is 91.3. The molecule has 0 heterocycles. The zero-order valence-corrected chi connectivity index (χ0v) is 87.0. The Morgan fingerprint density at radius 2 is 0.220 bits per heavy atom. The zero-order chi connectivity index (χ0) is 90.8. The van der Waals surface area contributed by atoms with Gasteiger partial charge in [0, 0.05) is 36.4 Å². The summed E-state index contributed by atoms with van der Waals surface area (Å²) in [5, 5.41) is 0. The number of unbranched alkanes of at least 4 members (excludes halogenated alkanes) is 72. The predicted octanol–water partition coefficient (Wildman–Crippen LogP) is 40.0. The minimum Gasteiger partial charge on any atom is -0.493 e. The molecule has 0 bridgehead atoms. The van der Waals surface area contributed by atoms with Crippen LogP contribution in [0.2, 0.25) is 0 Å². The van der Waals surface area contributed by atoms with Gasteiger partial charge in [-0.15, -0.1) is 0 Å². The van der Waals surface area contributed by atoms with Gasteiger partial charge in [-0.1, -0.05) is 525 Å². The van der Waals surface area contributed by atoms with E-state index in [1.54, 1.807) is 0 Å². The average molecular weight is 1800 g/mol. The molecule has 740 valence electrons. The minimum atomic E-state index is -1.16. The highest BCUT2D eigenvalue weighted by Gasteiger charge is 2.48. The Labute approximate surface area is 793 Å². The molecule has 9 nitrogen and oxygen atoms in total. The van der Waals surface area contributed by atoms with Crippen LogP contribution in [0.4, 0.5) is 0 Å². The summed E-state index contributed by atoms with van der Waals surface area (Å²) in [5.41, 5.74) is 0. The summed E-state index contributed by atoms with van der Waals surface area (Å²) in [6.45, 7) is 26.3. The SMILES string of the molecule is CCCCCCCCCCCOc1cc(OCCCCCCCCCCC)c([S+](c2c(OCCCCCCCCCCC)cc(OCCCCCCCCCCC)cc2OCCCCCCCCCCC)c2c(OCCCCCCCCCCC)cc(OCCCCCCCCCCC)cc2OCCCCCCCCCCC)c(OCCCCCCCCCCC)c1. The molecular formula is C117H213O9S+. The minimum absolute atomic E-state index is 0.574. The summed E-state index contributed by atoms with van der Waals surface area (Å²) in [6, 6.07) is 13.6. The molecular weight excluding hydrogens is 1580 g/mol. The molecule has 0 amide bonds. The van der Waals surface area contributed by atoms with Crippen LogP contribution < -0.4 is 42.6 Å². The van der Waals surface area contributed by atoms with Gasteiger partial charge in [0.2, 0.25) is 0 Å². The third-order valence-electron chi connectivity index (χ3n) is 26.2. The van der Waals surface area contributed by atoms with Crippen molar-refractivity contribution in [2.24, 2.45) is 0 Å². The first-order valence-electron chi connectivity index (χ1n) is 56.9. The van der Waals surface area contributed by atoms with Crippen LogP contribution in [0.5, 0.6) is 51.7 Å². The average Bonchev–Trinajstić information content (AvgIpc) is 0.740. The summed E-state index contributed by atoms with van der Waals surface area (Å²) >= 11 is 0. The first-order chi connectivity index (χ1) is 62.9. The monoisotopic (exact) mass is 1790 g/mol. The van der Waals surface area contributed by atoms with Crippen LogP contribution in [0.1, 0.15) is 582 Å². The van der Waals surface area contributed by atoms with Gasteiger partial charge >= 0.3 is 0 Å². The Hall–Kier alpha value is -3.79. The first-order valence-corrected chi connectivity index (χ1v) is 58.1. The van der Waals surface area contributed by atoms with Crippen LogP contribution >= 0.6 is 0 Å². The lowest BCUT2D eigenvalue weighted by Gasteiger charge is -2.24. The van der Waals surface area contributed by atoms with Crippen molar-refractivity contribution in [3.8, 4) is 51.7 Å². The highest BCUT2D eigenvalue weighted by atomic mass is 32.2. The van der Waals surface area contributed by atoms with Crippen molar-refractivity contribution >= 4 is 10.9 Å². The van der Waals surface area contributed by atoms with Gasteiger partial charge in [0.25, 0.3) is 14.7 Å². The molecule has 3 rings (SSSR count). The van der Waals surface area contributed by atoms with Crippen LogP contribution in [0.15, 0.2) is 51.1 Å². The summed E-state index contributed by atoms with van der Waals surface area (Å²) in [6.07, 6.45) is 101. The van der Waals surface area contributed by atoms with Crippen molar-refractivity contribution in [2.45, 2.75) is 597 Å². The maximum absolute atomic E-state index is 7.75. The van der Waals surface area contributed by atoms with Crippen LogP contribution in [-0.4, -0.2) is 59.5 Å². The molecule has 10 heteroatoms. The van der Waals surface area contributed by atoms with Gasteiger partial charge in [0.15, 0.2) is 34.5 Å². The van der Waals surface area contributed by atoms with E-state index in [1.807, 2.05) is 0 Å². The molecule has 127 heavy (non-hydrogen) atoms. The molecule has 3 aromatic carbocycles. The van der Waals surface area contributed by atoms with Crippen molar-refractivity contribution in [1.29, 1.82) is 0 Å². The molecule has 0 aliphatic heterocycles. The van der Waals surface area contributed by atoms with Gasteiger partial charge < -0.3 is 42.6 Å². The van der Waals surface area contributed by atoms with Gasteiger partial charge in [0.05, 0.1) is 59.5 Å². The van der Waals surface area contributed by atoms with E-state index in [0.717, 1.165) is 182 Å². The second-order valence-corrected chi connectivity index (χ2v) is 40.5. The van der Waals surface area contributed by atoms with Crippen molar-refractivity contribution in [3.63, 3.8) is 0 Å². The molecule has 3 aromatic rings. The zero-order valence-electron chi connectivity index (χ0n) is 86.2. The van der Waals surface area contributed by atoms with E-state index in [4.69, 9.17) is 42.6 Å². The van der Waals surface area contributed by atoms with Crippen LogP contribution in [-0.2, 0) is 10.9 Å². The Kier molecular flexibility index (Phi) is 84.4. The Morgan fingerprint density at radius 3 is 0.331 bits per heavy atom. The van der Waals surface area contributed by atoms with E-state index < -0.39 is 10.9 Å². The van der Waals surface area contributed by atoms with Crippen molar-refractivity contribution in [1.82, 2.24) is 0 Å². The molecule has 0 aromatic heterocycles. The molecule has 0 aliphatic rings. The van der Waals surface area contributed by atoms with Crippen LogP contribution in [0.3, 0.4) is 0 Å². The Bertz CT molecular complexity index is 2360. The van der Waals surface area contributed by atoms with E-state index in [-0.39, 0.29) is 0 Å². The summed E-state index contributed by atoms with van der Waals surface area (Å²) < 4.78 is 68.0. The number of hydrogen-bond acceptors (Lipinski definition) is 9. The summed E-state index contributed by atoms with van der Waals surface area (Å²) in [4.78, 5) is 2.95. The van der Waals surface area contributed by atoms with Crippen LogP contribution in [0, 0.1) is 0 Å². The maximum Gasteiger partial charge on any atom is 0.250 e. The lowest BCUT2D eigenvalue weighted by Crippen LogP contribution is -2.18. The van der Waals surface area contributed by atoms with E-state index in [2.05, 4.69) is 98.7 Å². The van der Waals surface area contributed by atoms with Gasteiger partial charge in [-0.3, -0.25) is 0 Å². The van der Waals surface area contributed by atoms with Crippen LogP contribution in [0.25, 0.3) is 0 Å². The van der Waals surface area contributed by atoms with Crippen molar-refractivity contribution < 1.29 is 42.6 Å². The lowest BCUT2D eigenvalue weighted by molar-refractivity contribution is 0.261. The van der Waals surface area contributed by atoms with Gasteiger partial charge in [0.1, 0.15) is 28.1 Å². The quantitative estimate of drug-likeness (QED) is 0.0405. The van der Waals surface area contributed by atoms with E-state index in [0.29, 0.717) is 59.5 Å². The number of benzene rings is 3. The van der Waals surface area contributed by atoms with Crippen molar-refractivity contribution in [3.05, 3.63) is 36.4 Å². The lowest BCUT2D eigenvalue weighted by atomic mass is 10.1. The normalized spacial score (nSPS) is 11.6. The third kappa shape index (κ3) is 65.5. The highest BCUT2D eigenvalue weighted by molar-refractivity contribution is 7.97. The second-order valence-electron chi connectivity index (χ2n) is 38.6. The maximum atomic E-state index is 7.75. The summed E-state index contributed by atoms with van der Waals surface area (Å²) in [7, 11) is -1.16. The molecule has 0 saturated heterocycles. The van der Waals surface area contributed by atoms with Crippen molar-refractivity contribution in [2.75, 3.05) is 59.5 Å². The molecule has 0 fully saturated rings. The number of ether oxygens (including phenoxy) is 9. The highest BCUT2D eigenvalue weighted by Crippen LogP contribution is 2.56. The van der Waals surface area contributed by atoms with Gasteiger partial charge in [-0.05, 0) is 57.8 Å². The van der Waals surface area contributed by atoms with E-state index >= 15 is 0 Å². The molecule has 0 aliphatic carbocycles. The fourth-order valence-electron chi connectivity index (χ4n) is 17.8. The largest absolute Gasteiger partial charge is 0.493 e. The van der Waals surface area contributed by atoms with Gasteiger partial charge in [-0.25, -0.2) is 0 Å². The van der Waals surface area contributed by atoms with E-state index in [9.17, 15) is 0 Å². The smallest absolute Gasteiger partial charge is 0.250 e. The molecule has 0 saturated carbocycles. The topological polar surface area (TPSA) is 83.1 Å². The molecule has 0 N–H and O–H groups in total. The molecule has 0 spiro atoms. The summed E-state index contributed by atoms with van der Waals surface area (Å²) in [5.74, 6) is 7.24. The van der Waals surface area contributed by atoms with E-state index in [1.165, 1.54) is 405 Å². The Balaban J connectivity index is 2.73. The fourth-order valence-corrected chi connectivity index (χ4v) is 20.4. The number of hydrogen-bond donors (Lipinski definition) is 0. The third-order valence-corrected chi connectivity index (χ3v) is 28.6. The molecule has 0 unspecified atom stereocenters. The standard InChI is InChI=1S/C117H213O9S/c1-10-19-28-37-46-55-64-73-82-91-118-106-100-109(121-94-85-76-67-58-49-40-31-22-13-4)115(110(101-106)122-95-86-77-68-59-50-41-32-23-14-5)127(116-111(123-96-87-78-69-60-51-42-33-24-15-6)102-107(119-92-83-74-65-56-47-38-29-20-11-2)103-112(116)124-97-88-79-70-61-52-43-34-25-16-7)117-113(125-98-89-80-71-62-53-44-35-26-17-8)104-108(120-93-84-75-66-57-48-39-30-21-12-3)105-114(117)126-99-90-81-72-63-54-45-36-27-18-9/h100-105H,10-99H2,1-9H3/q+1. The predicted molar refractivity (Wildman–Crippen MR) is 556 cm³/mol.